The highest BCUT2D eigenvalue weighted by atomic mass is 16.7. The molecular weight excluding hydrogens is 304 g/mol. The van der Waals surface area contributed by atoms with E-state index in [2.05, 4.69) is 24.1 Å². The first-order valence-corrected chi connectivity index (χ1v) is 8.02. The van der Waals surface area contributed by atoms with Crippen LogP contribution in [0.4, 0.5) is 4.79 Å². The van der Waals surface area contributed by atoms with Gasteiger partial charge in [0, 0.05) is 10.9 Å². The van der Waals surface area contributed by atoms with Gasteiger partial charge >= 0.3 is 6.09 Å². The standard InChI is InChI=1S/C18H22N4O2/c1-11(2)14-15-16(12-8-6-7-9-13(12)20-14)22(10-19-15)24-17(23)21-18(3,4)5/h6-11H,1-5H3,(H,21,23). The van der Waals surface area contributed by atoms with Crippen molar-refractivity contribution in [3.8, 4) is 0 Å². The zero-order valence-electron chi connectivity index (χ0n) is 14.6. The number of hydrogen-bond donors (Lipinski definition) is 1. The molecule has 6 heteroatoms. The Balaban J connectivity index is 2.15. The zero-order chi connectivity index (χ0) is 17.5. The molecule has 0 aliphatic rings. The van der Waals surface area contributed by atoms with Crippen LogP contribution in [-0.2, 0) is 0 Å². The number of pyridine rings is 1. The second-order valence-corrected chi connectivity index (χ2v) is 7.19. The maximum Gasteiger partial charge on any atom is 0.432 e. The van der Waals surface area contributed by atoms with Crippen LogP contribution < -0.4 is 10.2 Å². The van der Waals surface area contributed by atoms with Crippen molar-refractivity contribution >= 4 is 28.0 Å². The molecular formula is C18H22N4O2. The van der Waals surface area contributed by atoms with Crippen LogP contribution in [0.15, 0.2) is 30.6 Å². The lowest BCUT2D eigenvalue weighted by atomic mass is 10.1. The second kappa shape index (κ2) is 5.78. The Morgan fingerprint density at radius 3 is 2.62 bits per heavy atom. The van der Waals surface area contributed by atoms with Crippen molar-refractivity contribution in [2.45, 2.75) is 46.1 Å². The molecule has 1 N–H and O–H groups in total. The summed E-state index contributed by atoms with van der Waals surface area (Å²) in [6.45, 7) is 9.84. The fraction of sp³-hybridized carbons (Fsp3) is 0.389. The molecule has 0 spiro atoms. The summed E-state index contributed by atoms with van der Waals surface area (Å²) in [5, 5.41) is 3.68. The van der Waals surface area contributed by atoms with E-state index < -0.39 is 6.09 Å². The van der Waals surface area contributed by atoms with Gasteiger partial charge in [-0.1, -0.05) is 32.0 Å². The summed E-state index contributed by atoms with van der Waals surface area (Å²) < 4.78 is 1.42. The minimum atomic E-state index is -0.520. The molecule has 6 nitrogen and oxygen atoms in total. The summed E-state index contributed by atoms with van der Waals surface area (Å²) >= 11 is 0. The van der Waals surface area contributed by atoms with Gasteiger partial charge < -0.3 is 10.2 Å². The van der Waals surface area contributed by atoms with Crippen LogP contribution in [0.5, 0.6) is 0 Å². The maximum absolute atomic E-state index is 12.1. The molecule has 0 unspecified atom stereocenters. The first kappa shape index (κ1) is 16.2. The van der Waals surface area contributed by atoms with Gasteiger partial charge in [-0.25, -0.2) is 9.78 Å². The quantitative estimate of drug-likeness (QED) is 0.780. The smallest absolute Gasteiger partial charge is 0.315 e. The van der Waals surface area contributed by atoms with Gasteiger partial charge in [0.05, 0.1) is 11.2 Å². The van der Waals surface area contributed by atoms with Crippen LogP contribution in [0.1, 0.15) is 46.2 Å². The third-order valence-electron chi connectivity index (χ3n) is 3.58. The fourth-order valence-corrected chi connectivity index (χ4v) is 2.61. The van der Waals surface area contributed by atoms with Crippen LogP contribution >= 0.6 is 0 Å². The summed E-state index contributed by atoms with van der Waals surface area (Å²) in [5.41, 5.74) is 2.89. The first-order chi connectivity index (χ1) is 11.3. The third kappa shape index (κ3) is 3.04. The number of fused-ring (bicyclic) bond motifs is 3. The molecule has 3 rings (SSSR count). The van der Waals surface area contributed by atoms with Crippen LogP contribution in [0.25, 0.3) is 21.9 Å². The van der Waals surface area contributed by atoms with Crippen molar-refractivity contribution in [1.82, 2.24) is 20.0 Å². The van der Waals surface area contributed by atoms with E-state index >= 15 is 0 Å². The maximum atomic E-state index is 12.1. The molecule has 0 bridgehead atoms. The number of amides is 1. The second-order valence-electron chi connectivity index (χ2n) is 7.19. The molecule has 24 heavy (non-hydrogen) atoms. The van der Waals surface area contributed by atoms with Gasteiger partial charge in [-0.15, -0.1) is 0 Å². The molecule has 126 valence electrons. The van der Waals surface area contributed by atoms with Gasteiger partial charge in [0.25, 0.3) is 0 Å². The number of carbonyl (C=O) groups is 1. The SMILES string of the molecule is CC(C)c1nc2ccccc2c2c1ncn2OC(=O)NC(C)(C)C. The van der Waals surface area contributed by atoms with Crippen LogP contribution in [0.2, 0.25) is 0 Å². The molecule has 2 heterocycles. The molecule has 0 aliphatic carbocycles. The Labute approximate surface area is 140 Å². The Morgan fingerprint density at radius 1 is 1.25 bits per heavy atom. The summed E-state index contributed by atoms with van der Waals surface area (Å²) in [6, 6.07) is 7.79. The highest BCUT2D eigenvalue weighted by Gasteiger charge is 2.20. The average molecular weight is 326 g/mol. The lowest BCUT2D eigenvalue weighted by Crippen LogP contribution is -2.44. The van der Waals surface area contributed by atoms with E-state index in [-0.39, 0.29) is 11.5 Å². The number of nitrogens with zero attached hydrogens (tertiary/aromatic N) is 3. The third-order valence-corrected chi connectivity index (χ3v) is 3.58. The van der Waals surface area contributed by atoms with Crippen molar-refractivity contribution in [2.24, 2.45) is 0 Å². The number of nitrogens with one attached hydrogen (secondary N) is 1. The molecule has 0 saturated heterocycles. The molecule has 3 aromatic rings. The zero-order valence-corrected chi connectivity index (χ0v) is 14.6. The Hall–Kier alpha value is -2.63. The monoisotopic (exact) mass is 326 g/mol. The summed E-state index contributed by atoms with van der Waals surface area (Å²) in [5.74, 6) is 0.212. The number of benzene rings is 1. The summed E-state index contributed by atoms with van der Waals surface area (Å²) in [7, 11) is 0. The van der Waals surface area contributed by atoms with E-state index in [1.165, 1.54) is 11.1 Å². The minimum Gasteiger partial charge on any atom is -0.315 e. The molecule has 0 saturated carbocycles. The highest BCUT2D eigenvalue weighted by molar-refractivity contribution is 6.03. The number of hydrogen-bond acceptors (Lipinski definition) is 4. The van der Waals surface area contributed by atoms with Gasteiger partial charge in [0.1, 0.15) is 17.4 Å². The Bertz CT molecular complexity index is 906. The molecule has 1 aromatic carbocycles. The summed E-state index contributed by atoms with van der Waals surface area (Å²) in [4.78, 5) is 26.7. The largest absolute Gasteiger partial charge is 0.432 e. The molecule has 0 atom stereocenters. The summed E-state index contributed by atoms with van der Waals surface area (Å²) in [6.07, 6.45) is 1.00. The van der Waals surface area contributed by atoms with Gasteiger partial charge in [-0.05, 0) is 32.8 Å². The van der Waals surface area contributed by atoms with Crippen molar-refractivity contribution in [3.05, 3.63) is 36.3 Å². The van der Waals surface area contributed by atoms with E-state index in [1.807, 2.05) is 45.0 Å². The molecule has 0 fully saturated rings. The highest BCUT2D eigenvalue weighted by Crippen LogP contribution is 2.28. The van der Waals surface area contributed by atoms with Gasteiger partial charge in [0.15, 0.2) is 0 Å². The molecule has 2 aromatic heterocycles. The number of para-hydroxylation sites is 1. The predicted molar refractivity (Wildman–Crippen MR) is 94.0 cm³/mol. The fourth-order valence-electron chi connectivity index (χ4n) is 2.61. The van der Waals surface area contributed by atoms with Crippen molar-refractivity contribution in [3.63, 3.8) is 0 Å². The lowest BCUT2D eigenvalue weighted by molar-refractivity contribution is 0.130. The average Bonchev–Trinajstić information content (AvgIpc) is 2.88. The van der Waals surface area contributed by atoms with Gasteiger partial charge in [-0.3, -0.25) is 4.98 Å². The van der Waals surface area contributed by atoms with Crippen molar-refractivity contribution < 1.29 is 9.63 Å². The first-order valence-electron chi connectivity index (χ1n) is 8.02. The predicted octanol–water partition coefficient (Wildman–Crippen LogP) is 3.64. The normalized spacial score (nSPS) is 12.1. The van der Waals surface area contributed by atoms with E-state index in [1.54, 1.807) is 0 Å². The van der Waals surface area contributed by atoms with E-state index in [9.17, 15) is 4.79 Å². The Morgan fingerprint density at radius 2 is 1.96 bits per heavy atom. The van der Waals surface area contributed by atoms with Crippen LogP contribution in [0.3, 0.4) is 0 Å². The van der Waals surface area contributed by atoms with Gasteiger partial charge in [0.2, 0.25) is 0 Å². The van der Waals surface area contributed by atoms with E-state index in [4.69, 9.17) is 9.82 Å². The van der Waals surface area contributed by atoms with Crippen LogP contribution in [-0.4, -0.2) is 26.3 Å². The van der Waals surface area contributed by atoms with E-state index in [0.29, 0.717) is 0 Å². The lowest BCUT2D eigenvalue weighted by Gasteiger charge is -2.19. The van der Waals surface area contributed by atoms with Crippen LogP contribution in [0, 0.1) is 0 Å². The number of rotatable bonds is 2. The van der Waals surface area contributed by atoms with Crippen molar-refractivity contribution in [2.75, 3.05) is 0 Å². The topological polar surface area (TPSA) is 69.0 Å². The number of imidazole rings is 1. The molecule has 1 amide bonds. The molecule has 0 radical (unpaired) electrons. The number of carbonyl (C=O) groups excluding carboxylic acids is 1. The Kier molecular flexibility index (Phi) is 3.91. The molecule has 0 aliphatic heterocycles. The number of aromatic nitrogens is 3. The van der Waals surface area contributed by atoms with E-state index in [0.717, 1.165) is 27.6 Å². The van der Waals surface area contributed by atoms with Crippen molar-refractivity contribution in [1.29, 1.82) is 0 Å². The minimum absolute atomic E-state index is 0.212. The van der Waals surface area contributed by atoms with Gasteiger partial charge in [-0.2, -0.15) is 4.73 Å².